The third-order valence-electron chi connectivity index (χ3n) is 2.78. The number of aromatic carboxylic acids is 1. The number of carbonyl (C=O) groups excluding carboxylic acids is 1. The summed E-state index contributed by atoms with van der Waals surface area (Å²) in [6.07, 6.45) is 0. The Morgan fingerprint density at radius 2 is 1.80 bits per heavy atom. The lowest BCUT2D eigenvalue weighted by Gasteiger charge is -2.07. The van der Waals surface area contributed by atoms with Gasteiger partial charge in [0.15, 0.2) is 0 Å². The Kier molecular flexibility index (Phi) is 4.10. The lowest BCUT2D eigenvalue weighted by atomic mass is 10.1. The van der Waals surface area contributed by atoms with Crippen molar-refractivity contribution in [1.82, 2.24) is 10.3 Å². The zero-order valence-electron chi connectivity index (χ0n) is 11.0. The van der Waals surface area contributed by atoms with Crippen LogP contribution in [0.1, 0.15) is 32.1 Å². The van der Waals surface area contributed by atoms with E-state index >= 15 is 0 Å². The van der Waals surface area contributed by atoms with Gasteiger partial charge in [0.05, 0.1) is 23.4 Å². The first-order chi connectivity index (χ1) is 9.58. The molecule has 5 nitrogen and oxygen atoms in total. The number of benzene rings is 1. The highest BCUT2D eigenvalue weighted by atomic mass is 16.4. The largest absolute Gasteiger partial charge is 0.478 e. The van der Waals surface area contributed by atoms with Crippen molar-refractivity contribution >= 4 is 11.9 Å². The van der Waals surface area contributed by atoms with E-state index in [0.29, 0.717) is 0 Å². The highest BCUT2D eigenvalue weighted by Gasteiger charge is 2.15. The molecule has 20 heavy (non-hydrogen) atoms. The summed E-state index contributed by atoms with van der Waals surface area (Å²) in [5.74, 6) is -1.55. The van der Waals surface area contributed by atoms with Gasteiger partial charge in [-0.3, -0.25) is 9.78 Å². The highest BCUT2D eigenvalue weighted by Crippen LogP contribution is 2.09. The molecule has 2 aromatic rings. The monoisotopic (exact) mass is 270 g/mol. The summed E-state index contributed by atoms with van der Waals surface area (Å²) in [5.41, 5.74) is 1.73. The lowest BCUT2D eigenvalue weighted by Crippen LogP contribution is -2.25. The molecule has 0 saturated heterocycles. The normalized spacial score (nSPS) is 10.1. The fourth-order valence-corrected chi connectivity index (χ4v) is 1.83. The van der Waals surface area contributed by atoms with Crippen LogP contribution in [0.5, 0.6) is 0 Å². The molecule has 5 heteroatoms. The Balaban J connectivity index is 2.11. The molecular formula is C15H14N2O3. The number of aryl methyl sites for hydroxylation is 1. The fourth-order valence-electron chi connectivity index (χ4n) is 1.83. The molecule has 1 aromatic heterocycles. The second kappa shape index (κ2) is 5.97. The number of hydrogen-bond acceptors (Lipinski definition) is 3. The highest BCUT2D eigenvalue weighted by molar-refractivity contribution is 6.04. The molecule has 0 radical (unpaired) electrons. The van der Waals surface area contributed by atoms with Crippen LogP contribution in [0.25, 0.3) is 0 Å². The summed E-state index contributed by atoms with van der Waals surface area (Å²) >= 11 is 0. The average molecular weight is 270 g/mol. The Bertz CT molecular complexity index is 653. The van der Waals surface area contributed by atoms with E-state index in [-0.39, 0.29) is 17.7 Å². The van der Waals surface area contributed by atoms with Crippen LogP contribution in [-0.2, 0) is 6.54 Å². The van der Waals surface area contributed by atoms with Crippen molar-refractivity contribution in [3.05, 3.63) is 65.0 Å². The molecule has 0 aliphatic heterocycles. The summed E-state index contributed by atoms with van der Waals surface area (Å²) in [6, 6.07) is 11.6. The van der Waals surface area contributed by atoms with E-state index in [2.05, 4.69) is 10.3 Å². The third-order valence-corrected chi connectivity index (χ3v) is 2.78. The molecule has 0 atom stereocenters. The number of rotatable bonds is 4. The minimum atomic E-state index is -1.12. The van der Waals surface area contributed by atoms with Crippen molar-refractivity contribution in [1.29, 1.82) is 0 Å². The maximum Gasteiger partial charge on any atom is 0.336 e. The summed E-state index contributed by atoms with van der Waals surface area (Å²) in [4.78, 5) is 27.3. The summed E-state index contributed by atoms with van der Waals surface area (Å²) in [7, 11) is 0. The minimum absolute atomic E-state index is 0.0119. The van der Waals surface area contributed by atoms with Crippen molar-refractivity contribution in [3.8, 4) is 0 Å². The number of carboxylic acids is 1. The maximum absolute atomic E-state index is 12.0. The summed E-state index contributed by atoms with van der Waals surface area (Å²) in [5, 5.41) is 11.7. The number of pyridine rings is 1. The molecule has 2 rings (SSSR count). The Labute approximate surface area is 116 Å². The van der Waals surface area contributed by atoms with E-state index in [1.165, 1.54) is 12.1 Å². The second-order valence-electron chi connectivity index (χ2n) is 4.30. The van der Waals surface area contributed by atoms with Gasteiger partial charge in [0.25, 0.3) is 5.91 Å². The van der Waals surface area contributed by atoms with Gasteiger partial charge in [0.1, 0.15) is 0 Å². The van der Waals surface area contributed by atoms with Crippen molar-refractivity contribution in [3.63, 3.8) is 0 Å². The molecule has 0 saturated carbocycles. The van der Waals surface area contributed by atoms with Gasteiger partial charge in [-0.25, -0.2) is 4.79 Å². The first-order valence-corrected chi connectivity index (χ1v) is 6.11. The third kappa shape index (κ3) is 3.20. The van der Waals surface area contributed by atoms with Gasteiger partial charge in [0.2, 0.25) is 0 Å². The fraction of sp³-hybridized carbons (Fsp3) is 0.133. The first-order valence-electron chi connectivity index (χ1n) is 6.11. The van der Waals surface area contributed by atoms with Gasteiger partial charge in [-0.15, -0.1) is 0 Å². The molecule has 2 N–H and O–H groups in total. The molecule has 0 aliphatic rings. The van der Waals surface area contributed by atoms with Crippen LogP contribution < -0.4 is 5.32 Å². The quantitative estimate of drug-likeness (QED) is 0.890. The Morgan fingerprint density at radius 3 is 2.45 bits per heavy atom. The first kappa shape index (κ1) is 13.7. The van der Waals surface area contributed by atoms with Crippen LogP contribution in [0, 0.1) is 6.92 Å². The SMILES string of the molecule is Cc1cccc(CNC(=O)c2ccccc2C(=O)O)n1. The number of nitrogens with one attached hydrogen (secondary N) is 1. The maximum atomic E-state index is 12.0. The molecule has 102 valence electrons. The molecular weight excluding hydrogens is 256 g/mol. The van der Waals surface area contributed by atoms with Gasteiger partial charge in [0, 0.05) is 5.69 Å². The molecule has 0 spiro atoms. The van der Waals surface area contributed by atoms with Crippen molar-refractivity contribution in [2.45, 2.75) is 13.5 Å². The van der Waals surface area contributed by atoms with E-state index in [9.17, 15) is 9.59 Å². The summed E-state index contributed by atoms with van der Waals surface area (Å²) in [6.45, 7) is 2.12. The van der Waals surface area contributed by atoms with Crippen LogP contribution in [0.3, 0.4) is 0 Å². The van der Waals surface area contributed by atoms with Crippen LogP contribution in [0.15, 0.2) is 42.5 Å². The van der Waals surface area contributed by atoms with E-state index in [1.54, 1.807) is 18.2 Å². The zero-order valence-corrected chi connectivity index (χ0v) is 11.0. The van der Waals surface area contributed by atoms with E-state index in [0.717, 1.165) is 11.4 Å². The van der Waals surface area contributed by atoms with E-state index in [1.807, 2.05) is 19.1 Å². The number of aromatic nitrogens is 1. The standard InChI is InChI=1S/C15H14N2O3/c1-10-5-4-6-11(17-10)9-16-14(18)12-7-2-3-8-13(12)15(19)20/h2-8H,9H2,1H3,(H,16,18)(H,19,20). The predicted octanol–water partition coefficient (Wildman–Crippen LogP) is 2.02. The molecule has 0 aliphatic carbocycles. The van der Waals surface area contributed by atoms with E-state index < -0.39 is 11.9 Å². The van der Waals surface area contributed by atoms with Gasteiger partial charge >= 0.3 is 5.97 Å². The molecule has 1 heterocycles. The van der Waals surface area contributed by atoms with Gasteiger partial charge < -0.3 is 10.4 Å². The van der Waals surface area contributed by atoms with Crippen LogP contribution in [0.4, 0.5) is 0 Å². The van der Waals surface area contributed by atoms with Crippen LogP contribution >= 0.6 is 0 Å². The van der Waals surface area contributed by atoms with Crippen molar-refractivity contribution < 1.29 is 14.7 Å². The van der Waals surface area contributed by atoms with Gasteiger partial charge in [-0.1, -0.05) is 18.2 Å². The van der Waals surface area contributed by atoms with Crippen LogP contribution in [-0.4, -0.2) is 22.0 Å². The topological polar surface area (TPSA) is 79.3 Å². The lowest BCUT2D eigenvalue weighted by molar-refractivity contribution is 0.0691. The second-order valence-corrected chi connectivity index (χ2v) is 4.30. The molecule has 0 fully saturated rings. The Morgan fingerprint density at radius 1 is 1.10 bits per heavy atom. The van der Waals surface area contributed by atoms with Crippen molar-refractivity contribution in [2.24, 2.45) is 0 Å². The van der Waals surface area contributed by atoms with Crippen LogP contribution in [0.2, 0.25) is 0 Å². The van der Waals surface area contributed by atoms with Gasteiger partial charge in [-0.05, 0) is 31.2 Å². The average Bonchev–Trinajstić information content (AvgIpc) is 2.45. The molecule has 0 unspecified atom stereocenters. The number of carbonyl (C=O) groups is 2. The molecule has 0 bridgehead atoms. The molecule has 1 aromatic carbocycles. The smallest absolute Gasteiger partial charge is 0.336 e. The zero-order chi connectivity index (χ0) is 14.5. The van der Waals surface area contributed by atoms with E-state index in [4.69, 9.17) is 5.11 Å². The number of nitrogens with zero attached hydrogens (tertiary/aromatic N) is 1. The number of hydrogen-bond donors (Lipinski definition) is 2. The molecule has 1 amide bonds. The number of amides is 1. The summed E-state index contributed by atoms with van der Waals surface area (Å²) < 4.78 is 0. The van der Waals surface area contributed by atoms with Gasteiger partial charge in [-0.2, -0.15) is 0 Å². The minimum Gasteiger partial charge on any atom is -0.478 e. The number of carboxylic acid groups (broad SMARTS) is 1. The predicted molar refractivity (Wildman–Crippen MR) is 73.5 cm³/mol. The van der Waals surface area contributed by atoms with Crippen molar-refractivity contribution in [2.75, 3.05) is 0 Å². The Hall–Kier alpha value is -2.69.